The van der Waals surface area contributed by atoms with Gasteiger partial charge in [-0.1, -0.05) is 27.7 Å². The second-order valence-electron chi connectivity index (χ2n) is 12.7. The van der Waals surface area contributed by atoms with E-state index in [1.54, 1.807) is 34.6 Å². The van der Waals surface area contributed by atoms with Crippen molar-refractivity contribution in [3.8, 4) is 0 Å². The van der Waals surface area contributed by atoms with E-state index >= 15 is 0 Å². The molecular formula is C28H50O11. The van der Waals surface area contributed by atoms with Crippen LogP contribution in [0.25, 0.3) is 0 Å². The van der Waals surface area contributed by atoms with Crippen molar-refractivity contribution >= 4 is 11.8 Å². The maximum Gasteiger partial charge on any atom is 0.311 e. The van der Waals surface area contributed by atoms with Gasteiger partial charge in [0, 0.05) is 30.6 Å². The Morgan fingerprint density at radius 3 is 1.95 bits per heavy atom. The summed E-state index contributed by atoms with van der Waals surface area (Å²) in [5, 5.41) is 65.7. The highest BCUT2D eigenvalue weighted by molar-refractivity contribution is 5.89. The Bertz CT molecular complexity index is 856. The van der Waals surface area contributed by atoms with Gasteiger partial charge in [0.2, 0.25) is 0 Å². The van der Waals surface area contributed by atoms with Gasteiger partial charge in [0.05, 0.1) is 41.5 Å². The van der Waals surface area contributed by atoms with Gasteiger partial charge in [0.25, 0.3) is 0 Å². The van der Waals surface area contributed by atoms with Crippen molar-refractivity contribution in [2.24, 2.45) is 23.7 Å². The summed E-state index contributed by atoms with van der Waals surface area (Å²) in [5.74, 6) is -5.05. The molecule has 2 saturated heterocycles. The molecule has 228 valence electrons. The smallest absolute Gasteiger partial charge is 0.311 e. The van der Waals surface area contributed by atoms with Gasteiger partial charge >= 0.3 is 5.97 Å². The fourth-order valence-electron chi connectivity index (χ4n) is 6.19. The number of cyclic esters (lactones) is 1. The first-order valence-corrected chi connectivity index (χ1v) is 13.9. The third-order valence-corrected chi connectivity index (χ3v) is 8.81. The van der Waals surface area contributed by atoms with Gasteiger partial charge in [-0.2, -0.15) is 0 Å². The Labute approximate surface area is 231 Å². The van der Waals surface area contributed by atoms with E-state index in [1.807, 2.05) is 0 Å². The lowest BCUT2D eigenvalue weighted by Gasteiger charge is -2.46. The van der Waals surface area contributed by atoms with Crippen LogP contribution in [0.2, 0.25) is 0 Å². The minimum Gasteiger partial charge on any atom is -0.462 e. The highest BCUT2D eigenvalue weighted by Crippen LogP contribution is 2.37. The summed E-state index contributed by atoms with van der Waals surface area (Å²) in [7, 11) is 0. The molecule has 11 heteroatoms. The lowest BCUT2D eigenvalue weighted by Crippen LogP contribution is -2.58. The summed E-state index contributed by atoms with van der Waals surface area (Å²) < 4.78 is 17.7. The molecule has 11 nitrogen and oxygen atoms in total. The molecule has 14 unspecified atom stereocenters. The van der Waals surface area contributed by atoms with Crippen LogP contribution in [-0.2, 0) is 23.8 Å². The molecule has 2 aliphatic rings. The number of ketones is 1. The average molecular weight is 563 g/mol. The summed E-state index contributed by atoms with van der Waals surface area (Å²) in [4.78, 5) is 26.6. The Morgan fingerprint density at radius 1 is 0.872 bits per heavy atom. The highest BCUT2D eigenvalue weighted by Gasteiger charge is 2.51. The van der Waals surface area contributed by atoms with Crippen LogP contribution in [0.15, 0.2) is 0 Å². The van der Waals surface area contributed by atoms with Gasteiger partial charge in [0.1, 0.15) is 17.8 Å². The molecule has 0 radical (unpaired) electrons. The summed E-state index contributed by atoms with van der Waals surface area (Å²) in [6.07, 6.45) is -8.08. The summed E-state index contributed by atoms with van der Waals surface area (Å²) in [6, 6.07) is 0. The Kier molecular flexibility index (Phi) is 10.8. The van der Waals surface area contributed by atoms with Crippen molar-refractivity contribution in [1.29, 1.82) is 0 Å². The first kappa shape index (κ1) is 34.0. The van der Waals surface area contributed by atoms with Crippen LogP contribution in [0, 0.1) is 23.7 Å². The first-order chi connectivity index (χ1) is 17.7. The Morgan fingerprint density at radius 2 is 1.44 bits per heavy atom. The number of ether oxygens (including phenoxy) is 3. The van der Waals surface area contributed by atoms with E-state index in [0.29, 0.717) is 6.42 Å². The normalized spacial score (nSPS) is 51.2. The lowest BCUT2D eigenvalue weighted by molar-refractivity contribution is -0.295. The summed E-state index contributed by atoms with van der Waals surface area (Å²) in [6.45, 7) is 13.5. The van der Waals surface area contributed by atoms with Crippen LogP contribution in [0.5, 0.6) is 0 Å². The predicted molar refractivity (Wildman–Crippen MR) is 140 cm³/mol. The van der Waals surface area contributed by atoms with Crippen LogP contribution in [0.3, 0.4) is 0 Å². The van der Waals surface area contributed by atoms with Gasteiger partial charge in [0.15, 0.2) is 12.1 Å². The number of carbonyl (C=O) groups excluding carboxylic acids is 2. The van der Waals surface area contributed by atoms with Crippen molar-refractivity contribution < 1.29 is 54.4 Å². The summed E-state index contributed by atoms with van der Waals surface area (Å²) >= 11 is 0. The van der Waals surface area contributed by atoms with Crippen LogP contribution < -0.4 is 0 Å². The van der Waals surface area contributed by atoms with Gasteiger partial charge in [-0.3, -0.25) is 9.59 Å². The quantitative estimate of drug-likeness (QED) is 0.266. The third kappa shape index (κ3) is 7.37. The van der Waals surface area contributed by atoms with Gasteiger partial charge < -0.3 is 44.8 Å². The second kappa shape index (κ2) is 12.4. The van der Waals surface area contributed by atoms with Crippen LogP contribution >= 0.6 is 0 Å². The number of aliphatic hydroxyl groups is 6. The van der Waals surface area contributed by atoms with E-state index in [1.165, 1.54) is 27.7 Å². The van der Waals surface area contributed by atoms with Crippen molar-refractivity contribution in [2.75, 3.05) is 0 Å². The van der Waals surface area contributed by atoms with E-state index in [-0.39, 0.29) is 6.42 Å². The zero-order chi connectivity index (χ0) is 30.2. The van der Waals surface area contributed by atoms with E-state index < -0.39 is 102 Å². The molecule has 2 rings (SSSR count). The molecule has 0 aromatic rings. The molecule has 2 fully saturated rings. The molecule has 2 heterocycles. The molecule has 0 saturated carbocycles. The zero-order valence-electron chi connectivity index (χ0n) is 24.7. The molecule has 0 bridgehead atoms. The minimum absolute atomic E-state index is 0.127. The fourth-order valence-corrected chi connectivity index (χ4v) is 6.19. The molecule has 0 spiro atoms. The second-order valence-corrected chi connectivity index (χ2v) is 12.7. The molecule has 14 atom stereocenters. The molecule has 39 heavy (non-hydrogen) atoms. The van der Waals surface area contributed by atoms with Crippen LogP contribution in [0.1, 0.15) is 81.6 Å². The largest absolute Gasteiger partial charge is 0.462 e. The SMILES string of the molecule is CCC1OC(=O)C(C)C(OC2CC(C)(O)C(O)C(C)O2)C(C)C(O)C(C)(O)CC(C)(O)C(=O)C(C)C(O)C1C. The summed E-state index contributed by atoms with van der Waals surface area (Å²) in [5.41, 5.74) is -5.65. The third-order valence-electron chi connectivity index (χ3n) is 8.81. The van der Waals surface area contributed by atoms with E-state index in [4.69, 9.17) is 14.2 Å². The number of carbonyl (C=O) groups is 2. The maximum atomic E-state index is 13.4. The number of Topliss-reactive ketones (excluding diaryl/α,β-unsaturated/α-hetero) is 1. The Balaban J connectivity index is 2.54. The molecule has 0 aromatic carbocycles. The zero-order valence-corrected chi connectivity index (χ0v) is 24.7. The van der Waals surface area contributed by atoms with Crippen molar-refractivity contribution in [1.82, 2.24) is 0 Å². The minimum atomic E-state index is -2.09. The Hall–Kier alpha value is -1.18. The number of rotatable bonds is 3. The standard InChI is InChI=1S/C28H50O11/c1-10-18-13(2)20(29)14(3)22(30)27(8,35)12-28(9,36)23(31)15(4)21(16(5)25(33)38-18)39-19-11-26(7,34)24(32)17(6)37-19/h13-21,23-24,29,31-32,34-36H,10-12H2,1-9H3. The van der Waals surface area contributed by atoms with Gasteiger partial charge in [-0.05, 0) is 41.0 Å². The predicted octanol–water partition coefficient (Wildman–Crippen LogP) is 0.681. The van der Waals surface area contributed by atoms with Crippen molar-refractivity contribution in [3.63, 3.8) is 0 Å². The number of esters is 1. The maximum absolute atomic E-state index is 13.4. The number of aliphatic hydroxyl groups excluding tert-OH is 3. The van der Waals surface area contributed by atoms with Crippen LogP contribution in [-0.4, -0.2) is 102 Å². The van der Waals surface area contributed by atoms with Gasteiger partial charge in [-0.25, -0.2) is 0 Å². The van der Waals surface area contributed by atoms with E-state index in [0.717, 1.165) is 0 Å². The first-order valence-electron chi connectivity index (χ1n) is 13.9. The van der Waals surface area contributed by atoms with Crippen LogP contribution in [0.4, 0.5) is 0 Å². The van der Waals surface area contributed by atoms with Crippen molar-refractivity contribution in [2.45, 2.75) is 141 Å². The van der Waals surface area contributed by atoms with Crippen molar-refractivity contribution in [3.05, 3.63) is 0 Å². The van der Waals surface area contributed by atoms with E-state index in [2.05, 4.69) is 0 Å². The topological polar surface area (TPSA) is 183 Å². The molecule has 0 aliphatic carbocycles. The molecule has 0 amide bonds. The molecule has 2 aliphatic heterocycles. The van der Waals surface area contributed by atoms with E-state index in [9.17, 15) is 40.2 Å². The number of hydrogen-bond acceptors (Lipinski definition) is 11. The monoisotopic (exact) mass is 562 g/mol. The molecular weight excluding hydrogens is 512 g/mol. The highest BCUT2D eigenvalue weighted by atomic mass is 16.7. The molecule has 6 N–H and O–H groups in total. The number of hydrogen-bond donors (Lipinski definition) is 6. The van der Waals surface area contributed by atoms with Gasteiger partial charge in [-0.15, -0.1) is 0 Å². The lowest BCUT2D eigenvalue weighted by atomic mass is 9.73. The average Bonchev–Trinajstić information content (AvgIpc) is 2.84. The fraction of sp³-hybridized carbons (Fsp3) is 0.929. The molecule has 0 aromatic heterocycles.